The Balaban J connectivity index is 2.08. The number of rotatable bonds is 3. The molecular formula is C11H13N3O2. The molecule has 0 amide bonds. The van der Waals surface area contributed by atoms with Crippen molar-refractivity contribution >= 4 is 5.82 Å². The van der Waals surface area contributed by atoms with E-state index in [1.807, 2.05) is 7.05 Å². The van der Waals surface area contributed by atoms with E-state index in [0.29, 0.717) is 17.4 Å². The lowest BCUT2D eigenvalue weighted by Gasteiger charge is -2.07. The second kappa shape index (κ2) is 4.14. The minimum absolute atomic E-state index is 0.115. The molecule has 5 heteroatoms. The zero-order chi connectivity index (χ0) is 11.5. The van der Waals surface area contributed by atoms with Gasteiger partial charge >= 0.3 is 0 Å². The van der Waals surface area contributed by atoms with Crippen LogP contribution in [0.1, 0.15) is 5.82 Å². The molecule has 1 heterocycles. The van der Waals surface area contributed by atoms with E-state index in [9.17, 15) is 5.11 Å². The topological polar surface area (TPSA) is 73.3 Å². The van der Waals surface area contributed by atoms with Gasteiger partial charge in [0.25, 0.3) is 0 Å². The van der Waals surface area contributed by atoms with E-state index in [2.05, 4.69) is 4.98 Å². The van der Waals surface area contributed by atoms with Crippen LogP contribution in [0.4, 0.5) is 5.82 Å². The summed E-state index contributed by atoms with van der Waals surface area (Å²) in [7, 11) is 1.84. The van der Waals surface area contributed by atoms with Gasteiger partial charge < -0.3 is 20.1 Å². The Bertz CT molecular complexity index is 494. The normalized spacial score (nSPS) is 10.3. The van der Waals surface area contributed by atoms with Gasteiger partial charge in [-0.3, -0.25) is 0 Å². The average molecular weight is 219 g/mol. The molecule has 0 aliphatic carbocycles. The number of nitrogens with zero attached hydrogens (tertiary/aromatic N) is 2. The lowest BCUT2D eigenvalue weighted by molar-refractivity contribution is 0.277. The van der Waals surface area contributed by atoms with Gasteiger partial charge in [-0.1, -0.05) is 12.1 Å². The maximum Gasteiger partial charge on any atom is 0.161 e. The van der Waals surface area contributed by atoms with Crippen LogP contribution in [0, 0.1) is 0 Å². The molecule has 84 valence electrons. The van der Waals surface area contributed by atoms with Crippen molar-refractivity contribution in [2.45, 2.75) is 6.61 Å². The zero-order valence-corrected chi connectivity index (χ0v) is 8.92. The molecule has 3 N–H and O–H groups in total. The Hall–Kier alpha value is -2.17. The molecule has 0 radical (unpaired) electrons. The quantitative estimate of drug-likeness (QED) is 0.815. The molecule has 0 saturated heterocycles. The van der Waals surface area contributed by atoms with Gasteiger partial charge in [0.15, 0.2) is 11.5 Å². The Morgan fingerprint density at radius 3 is 2.81 bits per heavy atom. The van der Waals surface area contributed by atoms with E-state index in [1.165, 1.54) is 0 Å². The number of aromatic nitrogens is 2. The van der Waals surface area contributed by atoms with Crippen LogP contribution in [0.3, 0.4) is 0 Å². The molecule has 1 aromatic heterocycles. The molecule has 2 rings (SSSR count). The number of aryl methyl sites for hydroxylation is 1. The van der Waals surface area contributed by atoms with E-state index in [4.69, 9.17) is 10.5 Å². The van der Waals surface area contributed by atoms with Crippen LogP contribution in [0.2, 0.25) is 0 Å². The van der Waals surface area contributed by atoms with Crippen LogP contribution in [0.5, 0.6) is 11.5 Å². The molecule has 1 aromatic carbocycles. The molecule has 16 heavy (non-hydrogen) atoms. The van der Waals surface area contributed by atoms with E-state index < -0.39 is 0 Å². The van der Waals surface area contributed by atoms with E-state index >= 15 is 0 Å². The molecule has 0 saturated carbocycles. The third-order valence-corrected chi connectivity index (χ3v) is 2.21. The summed E-state index contributed by atoms with van der Waals surface area (Å²) in [6.07, 6.45) is 1.71. The van der Waals surface area contributed by atoms with Gasteiger partial charge in [0, 0.05) is 13.2 Å². The third kappa shape index (κ3) is 2.08. The van der Waals surface area contributed by atoms with Crippen LogP contribution >= 0.6 is 0 Å². The first-order valence-corrected chi connectivity index (χ1v) is 4.85. The average Bonchev–Trinajstić information content (AvgIpc) is 2.56. The number of ether oxygens (including phenoxy) is 1. The first-order valence-electron chi connectivity index (χ1n) is 4.85. The maximum atomic E-state index is 9.49. The van der Waals surface area contributed by atoms with Gasteiger partial charge in [0.05, 0.1) is 0 Å². The smallest absolute Gasteiger partial charge is 0.161 e. The van der Waals surface area contributed by atoms with Crippen LogP contribution in [0.25, 0.3) is 0 Å². The van der Waals surface area contributed by atoms with Crippen molar-refractivity contribution in [3.8, 4) is 11.5 Å². The minimum Gasteiger partial charge on any atom is -0.504 e. The zero-order valence-electron chi connectivity index (χ0n) is 8.92. The number of nitrogens with two attached hydrogens (primary N) is 1. The SMILES string of the molecule is Cn1cc(N)nc1COc1ccccc1O. The second-order valence-corrected chi connectivity index (χ2v) is 3.45. The molecule has 2 aromatic rings. The van der Waals surface area contributed by atoms with Crippen molar-refractivity contribution < 1.29 is 9.84 Å². The molecule has 0 fully saturated rings. The summed E-state index contributed by atoms with van der Waals surface area (Å²) in [6, 6.07) is 6.80. The Kier molecular flexibility index (Phi) is 2.68. The van der Waals surface area contributed by atoms with Gasteiger partial charge in [0.1, 0.15) is 18.2 Å². The summed E-state index contributed by atoms with van der Waals surface area (Å²) in [4.78, 5) is 4.09. The van der Waals surface area contributed by atoms with Gasteiger partial charge in [-0.15, -0.1) is 0 Å². The summed E-state index contributed by atoms with van der Waals surface area (Å²) in [5.74, 6) is 1.72. The fourth-order valence-electron chi connectivity index (χ4n) is 1.39. The fourth-order valence-corrected chi connectivity index (χ4v) is 1.39. The first-order chi connectivity index (χ1) is 7.66. The number of anilines is 1. The number of aromatic hydroxyl groups is 1. The predicted octanol–water partition coefficient (Wildman–Crippen LogP) is 1.29. The van der Waals surface area contributed by atoms with Crippen molar-refractivity contribution in [1.29, 1.82) is 0 Å². The van der Waals surface area contributed by atoms with Crippen molar-refractivity contribution in [2.75, 3.05) is 5.73 Å². The highest BCUT2D eigenvalue weighted by molar-refractivity contribution is 5.38. The number of hydrogen-bond acceptors (Lipinski definition) is 4. The number of benzene rings is 1. The summed E-state index contributed by atoms with van der Waals surface area (Å²) in [5, 5.41) is 9.49. The molecule has 0 bridgehead atoms. The molecule has 0 atom stereocenters. The monoisotopic (exact) mass is 219 g/mol. The van der Waals surface area contributed by atoms with Gasteiger partial charge in [-0.05, 0) is 12.1 Å². The summed E-state index contributed by atoms with van der Waals surface area (Å²) in [6.45, 7) is 0.269. The van der Waals surface area contributed by atoms with Crippen molar-refractivity contribution in [3.63, 3.8) is 0 Å². The van der Waals surface area contributed by atoms with Crippen molar-refractivity contribution in [2.24, 2.45) is 7.05 Å². The van der Waals surface area contributed by atoms with Crippen molar-refractivity contribution in [3.05, 3.63) is 36.3 Å². The fraction of sp³-hybridized carbons (Fsp3) is 0.182. The van der Waals surface area contributed by atoms with E-state index in [0.717, 1.165) is 0 Å². The lowest BCUT2D eigenvalue weighted by atomic mass is 10.3. The Morgan fingerprint density at radius 2 is 2.19 bits per heavy atom. The number of imidazole rings is 1. The summed E-state index contributed by atoms with van der Waals surface area (Å²) >= 11 is 0. The molecular weight excluding hydrogens is 206 g/mol. The largest absolute Gasteiger partial charge is 0.504 e. The highest BCUT2D eigenvalue weighted by atomic mass is 16.5. The maximum absolute atomic E-state index is 9.49. The van der Waals surface area contributed by atoms with Crippen molar-refractivity contribution in [1.82, 2.24) is 9.55 Å². The molecule has 5 nitrogen and oxygen atoms in total. The Morgan fingerprint density at radius 1 is 1.44 bits per heavy atom. The van der Waals surface area contributed by atoms with Crippen LogP contribution in [-0.4, -0.2) is 14.7 Å². The summed E-state index contributed by atoms with van der Waals surface area (Å²) < 4.78 is 7.22. The van der Waals surface area contributed by atoms with Gasteiger partial charge in [0.2, 0.25) is 0 Å². The number of hydrogen-bond donors (Lipinski definition) is 2. The molecule has 0 aliphatic rings. The van der Waals surface area contributed by atoms with Crippen LogP contribution < -0.4 is 10.5 Å². The molecule has 0 unspecified atom stereocenters. The standard InChI is InChI=1S/C11H13N3O2/c1-14-6-10(12)13-11(14)7-16-9-5-3-2-4-8(9)15/h2-6,15H,7,12H2,1H3. The highest BCUT2D eigenvalue weighted by Crippen LogP contribution is 2.25. The van der Waals surface area contributed by atoms with E-state index in [-0.39, 0.29) is 12.4 Å². The van der Waals surface area contributed by atoms with Gasteiger partial charge in [-0.2, -0.15) is 0 Å². The third-order valence-electron chi connectivity index (χ3n) is 2.21. The van der Waals surface area contributed by atoms with Crippen LogP contribution in [-0.2, 0) is 13.7 Å². The lowest BCUT2D eigenvalue weighted by Crippen LogP contribution is -2.03. The number of phenols is 1. The van der Waals surface area contributed by atoms with Gasteiger partial charge in [-0.25, -0.2) is 4.98 Å². The highest BCUT2D eigenvalue weighted by Gasteiger charge is 2.05. The molecule has 0 spiro atoms. The summed E-state index contributed by atoms with van der Waals surface area (Å²) in [5.41, 5.74) is 5.54. The number of para-hydroxylation sites is 2. The predicted molar refractivity (Wildman–Crippen MR) is 60.1 cm³/mol. The minimum atomic E-state index is 0.115. The second-order valence-electron chi connectivity index (χ2n) is 3.45. The number of phenolic OH excluding ortho intramolecular Hbond substituents is 1. The Labute approximate surface area is 93.1 Å². The number of nitrogen functional groups attached to an aromatic ring is 1. The van der Waals surface area contributed by atoms with Crippen LogP contribution in [0.15, 0.2) is 30.5 Å². The van der Waals surface area contributed by atoms with E-state index in [1.54, 1.807) is 35.0 Å². The molecule has 0 aliphatic heterocycles. The first kappa shape index (κ1) is 10.4.